The summed E-state index contributed by atoms with van der Waals surface area (Å²) < 4.78 is 47.8. The first-order chi connectivity index (χ1) is 17.7. The number of nitrogens with zero attached hydrogens (tertiary/aromatic N) is 6. The Bertz CT molecular complexity index is 1380. The number of hydrogen-bond donors (Lipinski definition) is 1. The Morgan fingerprint density at radius 1 is 1.14 bits per heavy atom. The minimum Gasteiger partial charge on any atom is -0.494 e. The Kier molecular flexibility index (Phi) is 7.82. The van der Waals surface area contributed by atoms with E-state index in [0.717, 1.165) is 0 Å². The third kappa shape index (κ3) is 5.18. The first-order valence-electron chi connectivity index (χ1n) is 11.3. The van der Waals surface area contributed by atoms with Crippen LogP contribution in [0.5, 0.6) is 11.5 Å². The maximum absolute atomic E-state index is 13.5. The topological polar surface area (TPSA) is 154 Å². The number of methoxy groups -OCH3 is 3. The number of nitrogens with one attached hydrogen (secondary N) is 1. The monoisotopic (exact) mass is 547 g/mol. The normalized spacial score (nSPS) is 18.8. The van der Waals surface area contributed by atoms with Gasteiger partial charge in [0, 0.05) is 31.3 Å². The van der Waals surface area contributed by atoms with E-state index in [1.54, 1.807) is 22.8 Å². The number of hydrogen-bond acceptors (Lipinski definition) is 10. The van der Waals surface area contributed by atoms with Crippen LogP contribution in [0, 0.1) is 17.2 Å². The Balaban J connectivity index is 1.76. The lowest BCUT2D eigenvalue weighted by atomic mass is 9.75. The van der Waals surface area contributed by atoms with Crippen LogP contribution in [0.4, 0.5) is 5.95 Å². The SMILES string of the molecule is COc1cccc(OC)c1-n1c(NS(=O)(=O)[C@@H](C)[C@H](OC)c2ncc(Cl)cn2)nnc1[C@H]1C[C@H](C#N)C1. The molecule has 0 radical (unpaired) electrons. The summed E-state index contributed by atoms with van der Waals surface area (Å²) in [4.78, 5) is 8.22. The Morgan fingerprint density at radius 2 is 1.76 bits per heavy atom. The minimum absolute atomic E-state index is 0.0584. The molecule has 0 spiro atoms. The number of aromatic nitrogens is 5. The van der Waals surface area contributed by atoms with Gasteiger partial charge in [-0.25, -0.2) is 18.4 Å². The van der Waals surface area contributed by atoms with Crippen LogP contribution in [0.15, 0.2) is 30.6 Å². The smallest absolute Gasteiger partial charge is 0.243 e. The molecule has 1 aliphatic carbocycles. The molecular formula is C23H26ClN7O5S. The van der Waals surface area contributed by atoms with Crippen LogP contribution in [0.25, 0.3) is 5.69 Å². The summed E-state index contributed by atoms with van der Waals surface area (Å²) in [5.74, 6) is 1.24. The minimum atomic E-state index is -4.11. The van der Waals surface area contributed by atoms with E-state index in [9.17, 15) is 13.7 Å². The summed E-state index contributed by atoms with van der Waals surface area (Å²) in [6, 6.07) is 7.45. The van der Waals surface area contributed by atoms with Crippen molar-refractivity contribution in [1.82, 2.24) is 24.7 Å². The van der Waals surface area contributed by atoms with Gasteiger partial charge in [-0.1, -0.05) is 17.7 Å². The molecule has 3 aromatic rings. The van der Waals surface area contributed by atoms with Crippen LogP contribution < -0.4 is 14.2 Å². The van der Waals surface area contributed by atoms with Gasteiger partial charge in [0.25, 0.3) is 0 Å². The van der Waals surface area contributed by atoms with Crippen molar-refractivity contribution in [2.24, 2.45) is 5.92 Å². The van der Waals surface area contributed by atoms with Crippen LogP contribution in [0.3, 0.4) is 0 Å². The van der Waals surface area contributed by atoms with Crippen molar-refractivity contribution in [1.29, 1.82) is 5.26 Å². The van der Waals surface area contributed by atoms with E-state index < -0.39 is 21.4 Å². The number of benzene rings is 1. The summed E-state index contributed by atoms with van der Waals surface area (Å²) >= 11 is 5.87. The largest absolute Gasteiger partial charge is 0.494 e. The molecule has 1 saturated carbocycles. The molecule has 37 heavy (non-hydrogen) atoms. The summed E-state index contributed by atoms with van der Waals surface area (Å²) in [5.41, 5.74) is 0.433. The fourth-order valence-electron chi connectivity index (χ4n) is 4.19. The number of sulfonamides is 1. The molecule has 1 N–H and O–H groups in total. The van der Waals surface area contributed by atoms with Gasteiger partial charge in [-0.3, -0.25) is 9.29 Å². The van der Waals surface area contributed by atoms with Gasteiger partial charge in [0.15, 0.2) is 5.82 Å². The average molecular weight is 548 g/mol. The number of ether oxygens (including phenoxy) is 3. The molecule has 196 valence electrons. The molecular weight excluding hydrogens is 522 g/mol. The van der Waals surface area contributed by atoms with Gasteiger partial charge in [0.2, 0.25) is 16.0 Å². The zero-order chi connectivity index (χ0) is 26.7. The number of nitriles is 1. The van der Waals surface area contributed by atoms with Crippen LogP contribution in [-0.2, 0) is 14.8 Å². The lowest BCUT2D eigenvalue weighted by Gasteiger charge is -2.30. The van der Waals surface area contributed by atoms with Crippen molar-refractivity contribution in [3.63, 3.8) is 0 Å². The second-order valence-electron chi connectivity index (χ2n) is 8.49. The standard InChI is InChI=1S/C23H26ClN7O5S/c1-13(20(36-4)21-26-11-16(24)12-27-21)37(32,33)30-23-29-28-22(15-8-14(9-15)10-25)31(23)19-17(34-2)6-5-7-18(19)35-3/h5-7,11-15,20H,8-9H2,1-4H3,(H,29,30)/t13-,14-,15-,20-/m0/s1. The number of rotatable bonds is 10. The van der Waals surface area contributed by atoms with Crippen molar-refractivity contribution in [2.45, 2.75) is 37.0 Å². The molecule has 2 atom stereocenters. The van der Waals surface area contributed by atoms with Gasteiger partial charge in [0.1, 0.15) is 34.4 Å². The summed E-state index contributed by atoms with van der Waals surface area (Å²) in [5, 5.41) is 16.9. The Morgan fingerprint density at radius 3 is 2.30 bits per heavy atom. The van der Waals surface area contributed by atoms with E-state index in [1.165, 1.54) is 40.6 Å². The molecule has 0 unspecified atom stereocenters. The highest BCUT2D eigenvalue weighted by molar-refractivity contribution is 7.93. The molecule has 1 aliphatic rings. The molecule has 0 aliphatic heterocycles. The van der Waals surface area contributed by atoms with Crippen molar-refractivity contribution >= 4 is 27.6 Å². The fraction of sp³-hybridized carbons (Fsp3) is 0.435. The summed E-state index contributed by atoms with van der Waals surface area (Å²) in [6.45, 7) is 1.48. The predicted molar refractivity (Wildman–Crippen MR) is 134 cm³/mol. The molecule has 1 aromatic carbocycles. The van der Waals surface area contributed by atoms with Gasteiger partial charge in [-0.2, -0.15) is 5.26 Å². The van der Waals surface area contributed by atoms with Gasteiger partial charge in [0.05, 0.1) is 25.3 Å². The molecule has 0 saturated heterocycles. The lowest BCUT2D eigenvalue weighted by molar-refractivity contribution is 0.0950. The highest BCUT2D eigenvalue weighted by Gasteiger charge is 2.38. The third-order valence-corrected chi connectivity index (χ3v) is 8.19. The van der Waals surface area contributed by atoms with E-state index in [1.807, 2.05) is 0 Å². The highest BCUT2D eigenvalue weighted by atomic mass is 35.5. The quantitative estimate of drug-likeness (QED) is 0.400. The molecule has 4 rings (SSSR count). The average Bonchev–Trinajstić information content (AvgIpc) is 3.25. The second kappa shape index (κ2) is 10.9. The Labute approximate surface area is 219 Å². The van der Waals surface area contributed by atoms with E-state index in [2.05, 4.69) is 31.0 Å². The summed E-state index contributed by atoms with van der Waals surface area (Å²) in [6.07, 6.45) is 2.90. The third-order valence-electron chi connectivity index (χ3n) is 6.30. The van der Waals surface area contributed by atoms with Crippen LogP contribution in [0.1, 0.15) is 43.4 Å². The maximum Gasteiger partial charge on any atom is 0.243 e. The van der Waals surface area contributed by atoms with Crippen LogP contribution >= 0.6 is 11.6 Å². The molecule has 14 heteroatoms. The molecule has 0 bridgehead atoms. The van der Waals surface area contributed by atoms with E-state index in [0.29, 0.717) is 40.9 Å². The van der Waals surface area contributed by atoms with E-state index >= 15 is 0 Å². The Hall–Kier alpha value is -3.47. The zero-order valence-corrected chi connectivity index (χ0v) is 22.2. The lowest BCUT2D eigenvalue weighted by Crippen LogP contribution is -2.33. The first kappa shape index (κ1) is 26.6. The second-order valence-corrected chi connectivity index (χ2v) is 11.0. The first-order valence-corrected chi connectivity index (χ1v) is 13.2. The molecule has 2 heterocycles. The zero-order valence-electron chi connectivity index (χ0n) is 20.6. The molecule has 0 amide bonds. The number of anilines is 1. The van der Waals surface area contributed by atoms with Gasteiger partial charge in [-0.15, -0.1) is 10.2 Å². The van der Waals surface area contributed by atoms with Crippen molar-refractivity contribution in [3.8, 4) is 23.3 Å². The number of halogens is 1. The van der Waals surface area contributed by atoms with Crippen LogP contribution in [0.2, 0.25) is 5.02 Å². The van der Waals surface area contributed by atoms with Crippen LogP contribution in [-0.4, -0.2) is 59.7 Å². The van der Waals surface area contributed by atoms with Gasteiger partial charge in [-0.05, 0) is 31.9 Å². The predicted octanol–water partition coefficient (Wildman–Crippen LogP) is 3.26. The van der Waals surface area contributed by atoms with Gasteiger partial charge < -0.3 is 14.2 Å². The van der Waals surface area contributed by atoms with Crippen molar-refractivity contribution in [3.05, 3.63) is 47.3 Å². The highest BCUT2D eigenvalue weighted by Crippen LogP contribution is 2.44. The van der Waals surface area contributed by atoms with Crippen molar-refractivity contribution < 1.29 is 22.6 Å². The maximum atomic E-state index is 13.5. The molecule has 12 nitrogen and oxygen atoms in total. The molecule has 1 fully saturated rings. The van der Waals surface area contributed by atoms with E-state index in [-0.39, 0.29) is 23.6 Å². The van der Waals surface area contributed by atoms with Crippen molar-refractivity contribution in [2.75, 3.05) is 26.1 Å². The molecule has 2 aromatic heterocycles. The van der Waals surface area contributed by atoms with Gasteiger partial charge >= 0.3 is 0 Å². The summed E-state index contributed by atoms with van der Waals surface area (Å²) in [7, 11) is 0.255. The number of para-hydroxylation sites is 1. The van der Waals surface area contributed by atoms with E-state index in [4.69, 9.17) is 25.8 Å². The fourth-order valence-corrected chi connectivity index (χ4v) is 5.42.